The van der Waals surface area contributed by atoms with Crippen molar-refractivity contribution in [1.82, 2.24) is 4.90 Å². The summed E-state index contributed by atoms with van der Waals surface area (Å²) in [5, 5.41) is 21.2. The third kappa shape index (κ3) is 3.10. The van der Waals surface area contributed by atoms with E-state index in [0.29, 0.717) is 17.6 Å². The number of benzene rings is 1. The van der Waals surface area contributed by atoms with Crippen molar-refractivity contribution in [2.45, 2.75) is 76.9 Å². The van der Waals surface area contributed by atoms with Crippen molar-refractivity contribution in [2.24, 2.45) is 17.3 Å². The van der Waals surface area contributed by atoms with Crippen LogP contribution in [0.1, 0.15) is 74.5 Å². The molecule has 3 nitrogen and oxygen atoms in total. The van der Waals surface area contributed by atoms with E-state index in [1.165, 1.54) is 56.3 Å². The molecule has 1 aromatic carbocycles. The molecule has 0 unspecified atom stereocenters. The van der Waals surface area contributed by atoms with Crippen molar-refractivity contribution in [1.29, 1.82) is 0 Å². The van der Waals surface area contributed by atoms with Gasteiger partial charge in [-0.3, -0.25) is 4.90 Å². The first-order chi connectivity index (χ1) is 12.6. The molecule has 1 aliphatic heterocycles. The Morgan fingerprint density at radius 2 is 1.89 bits per heavy atom. The van der Waals surface area contributed by atoms with Gasteiger partial charge in [-0.25, -0.2) is 0 Å². The number of aliphatic hydroxyl groups excluding tert-OH is 1. The zero-order valence-electron chi connectivity index (χ0n) is 16.5. The van der Waals surface area contributed by atoms with Crippen LogP contribution in [0, 0.1) is 17.3 Å². The van der Waals surface area contributed by atoms with E-state index in [9.17, 15) is 10.2 Å². The van der Waals surface area contributed by atoms with E-state index in [-0.39, 0.29) is 23.9 Å². The van der Waals surface area contributed by atoms with Gasteiger partial charge in [0.15, 0.2) is 0 Å². The van der Waals surface area contributed by atoms with Gasteiger partial charge in [0.05, 0.1) is 6.10 Å². The summed E-state index contributed by atoms with van der Waals surface area (Å²) in [5.74, 6) is 2.55. The second kappa shape index (κ2) is 7.24. The highest BCUT2D eigenvalue weighted by atomic mass is 35.5. The molecule has 1 saturated heterocycles. The lowest BCUT2D eigenvalue weighted by Crippen LogP contribution is -2.44. The van der Waals surface area contributed by atoms with Crippen molar-refractivity contribution < 1.29 is 10.2 Å². The molecule has 4 aliphatic rings. The molecule has 1 aromatic rings. The molecule has 2 N–H and O–H groups in total. The number of rotatable bonds is 2. The fraction of sp³-hybridized carbons (Fsp3) is 0.739. The van der Waals surface area contributed by atoms with E-state index in [4.69, 9.17) is 0 Å². The standard InChI is InChI=1S/C23H33NO2.ClH/c1-23-9-8-17-18(20(23)6-7-22(23)26)5-4-15-13-21(25)16(12-19(15)17)14-24-10-2-3-11-24;/h12-13,17-18,20,22,25-26H,2-11,14H2,1H3;1H/t17-,18+,20-,22-,23-;/m0./s1. The molecule has 5 rings (SSSR count). The van der Waals surface area contributed by atoms with Gasteiger partial charge in [-0.15, -0.1) is 12.4 Å². The zero-order valence-corrected chi connectivity index (χ0v) is 17.3. The predicted octanol–water partition coefficient (Wildman–Crippen LogP) is 4.63. The van der Waals surface area contributed by atoms with Crippen LogP contribution in [-0.2, 0) is 13.0 Å². The highest BCUT2D eigenvalue weighted by Gasteiger charge is 2.54. The number of hydrogen-bond donors (Lipinski definition) is 2. The van der Waals surface area contributed by atoms with Gasteiger partial charge in [-0.1, -0.05) is 13.0 Å². The number of phenols is 1. The Bertz CT molecular complexity index is 702. The summed E-state index contributed by atoms with van der Waals surface area (Å²) in [6.07, 6.45) is 9.36. The van der Waals surface area contributed by atoms with Crippen LogP contribution in [0.2, 0.25) is 0 Å². The van der Waals surface area contributed by atoms with Crippen LogP contribution in [0.15, 0.2) is 12.1 Å². The van der Waals surface area contributed by atoms with Gasteiger partial charge in [-0.2, -0.15) is 0 Å². The molecular weight excluding hydrogens is 358 g/mol. The summed E-state index contributed by atoms with van der Waals surface area (Å²) in [6.45, 7) is 5.58. The van der Waals surface area contributed by atoms with E-state index in [2.05, 4.69) is 24.0 Å². The summed E-state index contributed by atoms with van der Waals surface area (Å²) in [7, 11) is 0. The van der Waals surface area contributed by atoms with Gasteiger partial charge in [0.1, 0.15) is 5.75 Å². The number of aromatic hydroxyl groups is 1. The first-order valence-corrected chi connectivity index (χ1v) is 10.8. The van der Waals surface area contributed by atoms with Gasteiger partial charge in [0.25, 0.3) is 0 Å². The number of aliphatic hydroxyl groups is 1. The molecule has 0 amide bonds. The minimum absolute atomic E-state index is 0. The molecule has 5 atom stereocenters. The highest BCUT2D eigenvalue weighted by Crippen LogP contribution is 2.61. The van der Waals surface area contributed by atoms with Crippen LogP contribution in [0.25, 0.3) is 0 Å². The van der Waals surface area contributed by atoms with Gasteiger partial charge in [0, 0.05) is 12.1 Å². The Balaban J connectivity index is 0.00000180. The summed E-state index contributed by atoms with van der Waals surface area (Å²) < 4.78 is 0. The van der Waals surface area contributed by atoms with E-state index in [1.54, 1.807) is 0 Å². The Hall–Kier alpha value is -0.770. The summed E-state index contributed by atoms with van der Waals surface area (Å²) in [5.41, 5.74) is 4.19. The summed E-state index contributed by atoms with van der Waals surface area (Å²) in [6, 6.07) is 4.43. The largest absolute Gasteiger partial charge is 0.508 e. The van der Waals surface area contributed by atoms with Crippen LogP contribution in [0.4, 0.5) is 0 Å². The second-order valence-corrected chi connectivity index (χ2v) is 9.72. The van der Waals surface area contributed by atoms with Crippen LogP contribution < -0.4 is 0 Å². The first-order valence-electron chi connectivity index (χ1n) is 10.8. The van der Waals surface area contributed by atoms with Gasteiger partial charge < -0.3 is 10.2 Å². The number of likely N-dealkylation sites (tertiary alicyclic amines) is 1. The molecule has 1 heterocycles. The number of hydrogen-bond acceptors (Lipinski definition) is 3. The monoisotopic (exact) mass is 391 g/mol. The maximum atomic E-state index is 10.6. The van der Waals surface area contributed by atoms with Crippen LogP contribution in [0.5, 0.6) is 5.75 Å². The maximum Gasteiger partial charge on any atom is 0.120 e. The van der Waals surface area contributed by atoms with Crippen LogP contribution in [0.3, 0.4) is 0 Å². The predicted molar refractivity (Wildman–Crippen MR) is 110 cm³/mol. The van der Waals surface area contributed by atoms with Gasteiger partial charge in [-0.05, 0) is 105 Å². The fourth-order valence-electron chi connectivity index (χ4n) is 6.94. The second-order valence-electron chi connectivity index (χ2n) is 9.72. The number of phenolic OH excluding ortho intramolecular Hbond substituents is 1. The number of halogens is 1. The van der Waals surface area contributed by atoms with Gasteiger partial charge in [0.2, 0.25) is 0 Å². The van der Waals surface area contributed by atoms with E-state index >= 15 is 0 Å². The third-order valence-corrected chi connectivity index (χ3v) is 8.47. The van der Waals surface area contributed by atoms with Crippen molar-refractivity contribution >= 4 is 12.4 Å². The third-order valence-electron chi connectivity index (χ3n) is 8.47. The molecule has 0 spiro atoms. The Morgan fingerprint density at radius 3 is 2.67 bits per heavy atom. The first kappa shape index (κ1) is 19.5. The molecule has 0 bridgehead atoms. The molecule has 3 fully saturated rings. The molecular formula is C23H34ClNO2. The molecule has 0 aromatic heterocycles. The van der Waals surface area contributed by atoms with E-state index in [1.807, 2.05) is 0 Å². The minimum atomic E-state index is -0.0969. The topological polar surface area (TPSA) is 43.7 Å². The molecule has 4 heteroatoms. The van der Waals surface area contributed by atoms with Crippen molar-refractivity contribution in [3.63, 3.8) is 0 Å². The molecule has 3 aliphatic carbocycles. The van der Waals surface area contributed by atoms with Crippen LogP contribution in [-0.4, -0.2) is 34.3 Å². The lowest BCUT2D eigenvalue weighted by atomic mass is 9.55. The Morgan fingerprint density at radius 1 is 1.11 bits per heavy atom. The minimum Gasteiger partial charge on any atom is -0.508 e. The van der Waals surface area contributed by atoms with Crippen LogP contribution >= 0.6 is 12.4 Å². The lowest BCUT2D eigenvalue weighted by molar-refractivity contribution is -0.0226. The zero-order chi connectivity index (χ0) is 17.9. The lowest BCUT2D eigenvalue weighted by Gasteiger charge is -2.50. The molecule has 27 heavy (non-hydrogen) atoms. The van der Waals surface area contributed by atoms with E-state index in [0.717, 1.165) is 37.3 Å². The average Bonchev–Trinajstić information content (AvgIpc) is 3.24. The molecule has 0 radical (unpaired) electrons. The summed E-state index contributed by atoms with van der Waals surface area (Å²) >= 11 is 0. The average molecular weight is 392 g/mol. The smallest absolute Gasteiger partial charge is 0.120 e. The van der Waals surface area contributed by atoms with Crippen molar-refractivity contribution in [2.75, 3.05) is 13.1 Å². The SMILES string of the molecule is C[C@]12CC[C@@H]3c4cc(CN5CCCC5)c(O)cc4CC[C@H]3[C@@H]1CC[C@@H]2O.Cl. The normalized spacial score (nSPS) is 38.0. The number of nitrogens with zero attached hydrogens (tertiary/aromatic N) is 1. The highest BCUT2D eigenvalue weighted by molar-refractivity contribution is 5.85. The van der Waals surface area contributed by atoms with Crippen molar-refractivity contribution in [3.8, 4) is 5.75 Å². The maximum absolute atomic E-state index is 10.6. The Kier molecular flexibility index (Phi) is 5.24. The summed E-state index contributed by atoms with van der Waals surface area (Å²) in [4.78, 5) is 2.48. The van der Waals surface area contributed by atoms with E-state index < -0.39 is 0 Å². The molecule has 150 valence electrons. The quantitative estimate of drug-likeness (QED) is 0.772. The number of aryl methyl sites for hydroxylation is 1. The fourth-order valence-corrected chi connectivity index (χ4v) is 6.94. The number of fused-ring (bicyclic) bond motifs is 5. The van der Waals surface area contributed by atoms with Gasteiger partial charge >= 0.3 is 0 Å². The molecule has 2 saturated carbocycles. The Labute approximate surface area is 169 Å². The van der Waals surface area contributed by atoms with Crippen molar-refractivity contribution in [3.05, 3.63) is 28.8 Å².